The van der Waals surface area contributed by atoms with Crippen molar-refractivity contribution in [1.29, 1.82) is 0 Å². The van der Waals surface area contributed by atoms with Crippen LogP contribution in [0, 0.1) is 4.64 Å². The summed E-state index contributed by atoms with van der Waals surface area (Å²) in [6, 6.07) is 15.4. The number of piperidine rings is 1. The molecule has 0 aliphatic carbocycles. The van der Waals surface area contributed by atoms with E-state index < -0.39 is 0 Å². The van der Waals surface area contributed by atoms with Crippen molar-refractivity contribution in [2.75, 3.05) is 6.54 Å². The molecule has 1 N–H and O–H groups in total. The molecule has 1 aliphatic heterocycles. The second-order valence-corrected chi connectivity index (χ2v) is 5.89. The van der Waals surface area contributed by atoms with Crippen LogP contribution in [0.1, 0.15) is 36.4 Å². The molecule has 1 fully saturated rings. The zero-order chi connectivity index (χ0) is 13.8. The first-order chi connectivity index (χ1) is 9.83. The van der Waals surface area contributed by atoms with Crippen LogP contribution in [-0.4, -0.2) is 16.4 Å². The van der Waals surface area contributed by atoms with Crippen molar-refractivity contribution in [3.05, 3.63) is 64.4 Å². The number of likely N-dealkylation sites (tertiary alicyclic amines) is 1. The van der Waals surface area contributed by atoms with E-state index in [1.54, 1.807) is 0 Å². The van der Waals surface area contributed by atoms with Gasteiger partial charge in [0.15, 0.2) is 0 Å². The number of pyridine rings is 1. The van der Waals surface area contributed by atoms with Gasteiger partial charge in [-0.25, -0.2) is 0 Å². The lowest BCUT2D eigenvalue weighted by Gasteiger charge is -2.36. The molecule has 1 aromatic heterocycles. The van der Waals surface area contributed by atoms with E-state index >= 15 is 0 Å². The third-order valence-electron chi connectivity index (χ3n) is 4.04. The van der Waals surface area contributed by atoms with Crippen LogP contribution < -0.4 is 0 Å². The molecule has 2 nitrogen and oxygen atoms in total. The molecule has 1 atom stereocenters. The summed E-state index contributed by atoms with van der Waals surface area (Å²) in [5.74, 6) is 0. The van der Waals surface area contributed by atoms with Crippen LogP contribution in [-0.2, 0) is 6.54 Å². The van der Waals surface area contributed by atoms with Gasteiger partial charge in [0.2, 0.25) is 0 Å². The summed E-state index contributed by atoms with van der Waals surface area (Å²) < 4.78 is 0.805. The van der Waals surface area contributed by atoms with Gasteiger partial charge in [-0.1, -0.05) is 55.0 Å². The molecule has 0 saturated carbocycles. The first-order valence-electron chi connectivity index (χ1n) is 7.29. The molecule has 3 heteroatoms. The molecule has 1 aromatic carbocycles. The lowest BCUT2D eigenvalue weighted by Crippen LogP contribution is -2.32. The third-order valence-corrected chi connectivity index (χ3v) is 4.29. The second kappa shape index (κ2) is 6.33. The van der Waals surface area contributed by atoms with E-state index in [4.69, 9.17) is 12.2 Å². The number of benzene rings is 1. The highest BCUT2D eigenvalue weighted by atomic mass is 32.1. The van der Waals surface area contributed by atoms with Crippen molar-refractivity contribution in [2.24, 2.45) is 0 Å². The van der Waals surface area contributed by atoms with Crippen LogP contribution in [0.3, 0.4) is 0 Å². The van der Waals surface area contributed by atoms with E-state index in [9.17, 15) is 0 Å². The first kappa shape index (κ1) is 13.5. The molecule has 20 heavy (non-hydrogen) atoms. The molecule has 0 radical (unpaired) electrons. The molecule has 104 valence electrons. The minimum Gasteiger partial charge on any atom is -0.353 e. The van der Waals surface area contributed by atoms with Gasteiger partial charge in [0.25, 0.3) is 0 Å². The molecule has 0 bridgehead atoms. The van der Waals surface area contributed by atoms with Crippen LogP contribution in [0.25, 0.3) is 0 Å². The zero-order valence-corrected chi connectivity index (χ0v) is 12.4. The van der Waals surface area contributed by atoms with Gasteiger partial charge in [0.1, 0.15) is 4.64 Å². The molecular formula is C17H20N2S. The van der Waals surface area contributed by atoms with Crippen LogP contribution in [0.2, 0.25) is 0 Å². The van der Waals surface area contributed by atoms with Gasteiger partial charge in [0, 0.05) is 18.8 Å². The summed E-state index contributed by atoms with van der Waals surface area (Å²) >= 11 is 5.14. The predicted octanol–water partition coefficient (Wildman–Crippen LogP) is 4.47. The van der Waals surface area contributed by atoms with Gasteiger partial charge in [-0.05, 0) is 36.6 Å². The van der Waals surface area contributed by atoms with Crippen LogP contribution in [0.5, 0.6) is 0 Å². The van der Waals surface area contributed by atoms with E-state index in [2.05, 4.69) is 52.5 Å². The maximum atomic E-state index is 5.14. The molecule has 1 saturated heterocycles. The highest BCUT2D eigenvalue weighted by molar-refractivity contribution is 7.71. The summed E-state index contributed by atoms with van der Waals surface area (Å²) in [5.41, 5.74) is 2.75. The summed E-state index contributed by atoms with van der Waals surface area (Å²) in [4.78, 5) is 5.76. The fourth-order valence-electron chi connectivity index (χ4n) is 3.01. The molecule has 2 heterocycles. The van der Waals surface area contributed by atoms with E-state index in [0.717, 1.165) is 11.2 Å². The summed E-state index contributed by atoms with van der Waals surface area (Å²) in [6.07, 6.45) is 5.92. The molecule has 0 spiro atoms. The average molecular weight is 284 g/mol. The summed E-state index contributed by atoms with van der Waals surface area (Å²) in [7, 11) is 0. The highest BCUT2D eigenvalue weighted by Crippen LogP contribution is 2.31. The van der Waals surface area contributed by atoms with E-state index in [1.165, 1.54) is 36.9 Å². The Labute approximate surface area is 125 Å². The standard InChI is InChI=1S/C17H20N2S/c20-17-10-9-15(12-18-17)16-8-4-5-11-19(16)13-14-6-2-1-3-7-14/h1-3,6-7,9-10,12,16H,4-5,8,11,13H2,(H,18,20)/t16-/m0/s1. The number of rotatable bonds is 3. The Morgan fingerprint density at radius 2 is 1.95 bits per heavy atom. The number of aromatic amines is 1. The smallest absolute Gasteiger partial charge is 0.103 e. The van der Waals surface area contributed by atoms with Crippen molar-refractivity contribution in [3.8, 4) is 0 Å². The van der Waals surface area contributed by atoms with Gasteiger partial charge in [-0.15, -0.1) is 0 Å². The van der Waals surface area contributed by atoms with Crippen molar-refractivity contribution >= 4 is 12.2 Å². The molecule has 1 aliphatic rings. The Bertz CT molecular complexity index is 585. The Morgan fingerprint density at radius 3 is 2.70 bits per heavy atom. The lowest BCUT2D eigenvalue weighted by atomic mass is 9.96. The van der Waals surface area contributed by atoms with Crippen LogP contribution in [0.4, 0.5) is 0 Å². The Balaban J connectivity index is 1.80. The van der Waals surface area contributed by atoms with Crippen molar-refractivity contribution in [2.45, 2.75) is 31.8 Å². The van der Waals surface area contributed by atoms with E-state index in [-0.39, 0.29) is 0 Å². The van der Waals surface area contributed by atoms with Gasteiger partial charge in [-0.3, -0.25) is 4.90 Å². The lowest BCUT2D eigenvalue weighted by molar-refractivity contribution is 0.140. The topological polar surface area (TPSA) is 19.0 Å². The average Bonchev–Trinajstić information content (AvgIpc) is 2.50. The second-order valence-electron chi connectivity index (χ2n) is 5.45. The van der Waals surface area contributed by atoms with Crippen molar-refractivity contribution in [3.63, 3.8) is 0 Å². The normalized spacial score (nSPS) is 19.9. The largest absolute Gasteiger partial charge is 0.353 e. The Morgan fingerprint density at radius 1 is 1.10 bits per heavy atom. The summed E-state index contributed by atoms with van der Waals surface area (Å²) in [6.45, 7) is 2.20. The van der Waals surface area contributed by atoms with E-state index in [0.29, 0.717) is 6.04 Å². The highest BCUT2D eigenvalue weighted by Gasteiger charge is 2.23. The Kier molecular flexibility index (Phi) is 4.28. The van der Waals surface area contributed by atoms with Gasteiger partial charge in [-0.2, -0.15) is 0 Å². The first-order valence-corrected chi connectivity index (χ1v) is 7.70. The van der Waals surface area contributed by atoms with Crippen LogP contribution in [0.15, 0.2) is 48.7 Å². The summed E-state index contributed by atoms with van der Waals surface area (Å²) in [5, 5.41) is 0. The number of aromatic nitrogens is 1. The van der Waals surface area contributed by atoms with Gasteiger partial charge < -0.3 is 4.98 Å². The molecule has 2 aromatic rings. The van der Waals surface area contributed by atoms with Crippen LogP contribution >= 0.6 is 12.2 Å². The maximum absolute atomic E-state index is 5.14. The molecule has 3 rings (SSSR count). The molecular weight excluding hydrogens is 264 g/mol. The number of hydrogen-bond donors (Lipinski definition) is 1. The predicted molar refractivity (Wildman–Crippen MR) is 85.1 cm³/mol. The van der Waals surface area contributed by atoms with E-state index in [1.807, 2.05) is 6.07 Å². The fraction of sp³-hybridized carbons (Fsp3) is 0.353. The fourth-order valence-corrected chi connectivity index (χ4v) is 3.13. The molecule has 0 amide bonds. The number of nitrogens with zero attached hydrogens (tertiary/aromatic N) is 1. The monoisotopic (exact) mass is 284 g/mol. The minimum absolute atomic E-state index is 0.510. The third kappa shape index (κ3) is 3.17. The number of hydrogen-bond acceptors (Lipinski definition) is 2. The van der Waals surface area contributed by atoms with Gasteiger partial charge in [0.05, 0.1) is 0 Å². The number of H-pyrrole nitrogens is 1. The molecule has 0 unspecified atom stereocenters. The Hall–Kier alpha value is -1.45. The van der Waals surface area contributed by atoms with Crippen molar-refractivity contribution < 1.29 is 0 Å². The number of nitrogens with one attached hydrogen (secondary N) is 1. The zero-order valence-electron chi connectivity index (χ0n) is 11.6. The minimum atomic E-state index is 0.510. The SMILES string of the molecule is S=c1ccc([C@@H]2CCCCN2Cc2ccccc2)c[nH]1. The van der Waals surface area contributed by atoms with Crippen molar-refractivity contribution in [1.82, 2.24) is 9.88 Å². The maximum Gasteiger partial charge on any atom is 0.103 e. The quantitative estimate of drug-likeness (QED) is 0.839. The van der Waals surface area contributed by atoms with Gasteiger partial charge >= 0.3 is 0 Å².